The van der Waals surface area contributed by atoms with E-state index in [1.54, 1.807) is 11.9 Å². The first-order chi connectivity index (χ1) is 8.58. The highest BCUT2D eigenvalue weighted by molar-refractivity contribution is 5.73. The van der Waals surface area contributed by atoms with E-state index in [4.69, 9.17) is 5.73 Å². The lowest BCUT2D eigenvalue weighted by Crippen LogP contribution is -2.37. The number of allylic oxidation sites excluding steroid dienone is 3. The molecule has 18 heavy (non-hydrogen) atoms. The van der Waals surface area contributed by atoms with Crippen molar-refractivity contribution >= 4 is 6.03 Å². The maximum atomic E-state index is 11.5. The van der Waals surface area contributed by atoms with Crippen molar-refractivity contribution in [3.05, 3.63) is 35.5 Å². The van der Waals surface area contributed by atoms with Crippen molar-refractivity contribution in [3.8, 4) is 0 Å². The molecule has 2 amide bonds. The number of amides is 2. The summed E-state index contributed by atoms with van der Waals surface area (Å²) < 4.78 is 0. The predicted molar refractivity (Wildman–Crippen MR) is 77.4 cm³/mol. The zero-order valence-corrected chi connectivity index (χ0v) is 11.9. The Bertz CT molecular complexity index is 343. The molecule has 0 fully saturated rings. The van der Waals surface area contributed by atoms with Crippen LogP contribution in [0.3, 0.4) is 0 Å². The summed E-state index contributed by atoms with van der Waals surface area (Å²) >= 11 is 0. The third-order valence-corrected chi connectivity index (χ3v) is 2.68. The first-order valence-electron chi connectivity index (χ1n) is 6.25. The molecule has 0 atom stereocenters. The van der Waals surface area contributed by atoms with Gasteiger partial charge in [-0.3, -0.25) is 0 Å². The molecule has 0 aromatic carbocycles. The molecule has 0 aliphatic carbocycles. The van der Waals surface area contributed by atoms with Crippen LogP contribution >= 0.6 is 0 Å². The van der Waals surface area contributed by atoms with Gasteiger partial charge in [-0.25, -0.2) is 4.79 Å². The van der Waals surface area contributed by atoms with E-state index in [0.717, 1.165) is 11.1 Å². The Balaban J connectivity index is 4.46. The molecule has 0 spiro atoms. The summed E-state index contributed by atoms with van der Waals surface area (Å²) in [6, 6.07) is -0.0540. The summed E-state index contributed by atoms with van der Waals surface area (Å²) in [7, 11) is 1.64. The van der Waals surface area contributed by atoms with Crippen LogP contribution in [-0.2, 0) is 0 Å². The van der Waals surface area contributed by atoms with E-state index in [1.807, 2.05) is 45.1 Å². The van der Waals surface area contributed by atoms with Gasteiger partial charge in [-0.1, -0.05) is 29.9 Å². The van der Waals surface area contributed by atoms with Gasteiger partial charge in [0.25, 0.3) is 0 Å². The molecule has 0 rings (SSSR count). The minimum absolute atomic E-state index is 0.0540. The van der Waals surface area contributed by atoms with Gasteiger partial charge >= 0.3 is 6.03 Å². The van der Waals surface area contributed by atoms with Gasteiger partial charge in [0.1, 0.15) is 0 Å². The number of nitrogens with one attached hydrogen (secondary N) is 1. The standard InChI is InChI=1S/C14H25N3O/c1-5-13(11-15)8-7-12(3)9-10-17(6-2)14(18)16-4/h5,7-9H,6,10-11,15H2,1-4H3,(H,16,18)/b8-7-,12-9+,13-5+. The molecule has 0 heterocycles. The summed E-state index contributed by atoms with van der Waals surface area (Å²) in [5.41, 5.74) is 7.79. The monoisotopic (exact) mass is 251 g/mol. The number of carbonyl (C=O) groups excluding carboxylic acids is 1. The molecular weight excluding hydrogens is 226 g/mol. The molecule has 0 unspecified atom stereocenters. The number of hydrogen-bond donors (Lipinski definition) is 2. The van der Waals surface area contributed by atoms with Crippen molar-refractivity contribution < 1.29 is 4.79 Å². The zero-order chi connectivity index (χ0) is 14.0. The topological polar surface area (TPSA) is 58.4 Å². The van der Waals surface area contributed by atoms with Crippen molar-refractivity contribution in [2.45, 2.75) is 20.8 Å². The molecule has 0 aliphatic rings. The Labute approximate surface area is 110 Å². The number of nitrogens with zero attached hydrogens (tertiary/aromatic N) is 1. The molecule has 0 aliphatic heterocycles. The first-order valence-corrected chi connectivity index (χ1v) is 6.25. The highest BCUT2D eigenvalue weighted by Gasteiger charge is 2.06. The van der Waals surface area contributed by atoms with Gasteiger partial charge in [0, 0.05) is 26.7 Å². The molecule has 0 bridgehead atoms. The molecule has 0 aromatic heterocycles. The number of urea groups is 1. The average Bonchev–Trinajstić information content (AvgIpc) is 2.40. The average molecular weight is 251 g/mol. The minimum Gasteiger partial charge on any atom is -0.341 e. The summed E-state index contributed by atoms with van der Waals surface area (Å²) in [5, 5.41) is 2.62. The lowest BCUT2D eigenvalue weighted by molar-refractivity contribution is 0.208. The van der Waals surface area contributed by atoms with Crippen molar-refractivity contribution in [2.24, 2.45) is 5.73 Å². The maximum Gasteiger partial charge on any atom is 0.317 e. The minimum atomic E-state index is -0.0540. The van der Waals surface area contributed by atoms with E-state index < -0.39 is 0 Å². The normalized spacial score (nSPS) is 12.9. The van der Waals surface area contributed by atoms with Crippen LogP contribution in [0.2, 0.25) is 0 Å². The molecular formula is C14H25N3O. The summed E-state index contributed by atoms with van der Waals surface area (Å²) in [6.07, 6.45) is 8.04. The third-order valence-electron chi connectivity index (χ3n) is 2.68. The summed E-state index contributed by atoms with van der Waals surface area (Å²) in [6.45, 7) is 7.78. The third kappa shape index (κ3) is 6.25. The molecule has 4 heteroatoms. The Morgan fingerprint density at radius 1 is 1.39 bits per heavy atom. The molecule has 0 radical (unpaired) electrons. The number of hydrogen-bond acceptors (Lipinski definition) is 2. The molecule has 0 saturated heterocycles. The Morgan fingerprint density at radius 3 is 2.50 bits per heavy atom. The zero-order valence-electron chi connectivity index (χ0n) is 11.9. The van der Waals surface area contributed by atoms with E-state index in [-0.39, 0.29) is 6.03 Å². The highest BCUT2D eigenvalue weighted by atomic mass is 16.2. The van der Waals surface area contributed by atoms with Crippen LogP contribution in [0.25, 0.3) is 0 Å². The Morgan fingerprint density at radius 2 is 2.06 bits per heavy atom. The van der Waals surface area contributed by atoms with Gasteiger partial charge in [0.05, 0.1) is 0 Å². The smallest absolute Gasteiger partial charge is 0.317 e. The van der Waals surface area contributed by atoms with Crippen LogP contribution < -0.4 is 11.1 Å². The lowest BCUT2D eigenvalue weighted by atomic mass is 10.2. The highest BCUT2D eigenvalue weighted by Crippen LogP contribution is 2.01. The fourth-order valence-corrected chi connectivity index (χ4v) is 1.36. The molecule has 4 nitrogen and oxygen atoms in total. The van der Waals surface area contributed by atoms with E-state index in [2.05, 4.69) is 5.32 Å². The van der Waals surface area contributed by atoms with Crippen molar-refractivity contribution in [2.75, 3.05) is 26.7 Å². The van der Waals surface area contributed by atoms with Gasteiger partial charge in [-0.2, -0.15) is 0 Å². The second-order valence-electron chi connectivity index (χ2n) is 3.94. The van der Waals surface area contributed by atoms with Gasteiger partial charge < -0.3 is 16.0 Å². The van der Waals surface area contributed by atoms with E-state index in [9.17, 15) is 4.79 Å². The number of rotatable bonds is 6. The second-order valence-corrected chi connectivity index (χ2v) is 3.94. The van der Waals surface area contributed by atoms with Gasteiger partial charge in [0.2, 0.25) is 0 Å². The maximum absolute atomic E-state index is 11.5. The number of likely N-dealkylation sites (N-methyl/N-ethyl adjacent to an activating group) is 1. The molecule has 0 saturated carbocycles. The van der Waals surface area contributed by atoms with E-state index in [0.29, 0.717) is 19.6 Å². The SMILES string of the molecule is C\C=C(/C=C\C(C)=C\CN(CC)C(=O)NC)CN. The number of carbonyl (C=O) groups is 1. The van der Waals surface area contributed by atoms with E-state index >= 15 is 0 Å². The lowest BCUT2D eigenvalue weighted by Gasteiger charge is -2.18. The summed E-state index contributed by atoms with van der Waals surface area (Å²) in [5.74, 6) is 0. The molecule has 3 N–H and O–H groups in total. The van der Waals surface area contributed by atoms with Gasteiger partial charge in [-0.15, -0.1) is 0 Å². The van der Waals surface area contributed by atoms with Gasteiger partial charge in [0.15, 0.2) is 0 Å². The number of nitrogens with two attached hydrogens (primary N) is 1. The van der Waals surface area contributed by atoms with Gasteiger partial charge in [-0.05, 0) is 26.3 Å². The fraction of sp³-hybridized carbons (Fsp3) is 0.500. The van der Waals surface area contributed by atoms with Crippen molar-refractivity contribution in [1.82, 2.24) is 10.2 Å². The van der Waals surface area contributed by atoms with Crippen LogP contribution in [0.4, 0.5) is 4.79 Å². The van der Waals surface area contributed by atoms with Crippen LogP contribution in [0, 0.1) is 0 Å². The molecule has 0 aromatic rings. The van der Waals surface area contributed by atoms with E-state index in [1.165, 1.54) is 0 Å². The van der Waals surface area contributed by atoms with Crippen LogP contribution in [-0.4, -0.2) is 37.6 Å². The second kappa shape index (κ2) is 9.48. The molecule has 102 valence electrons. The van der Waals surface area contributed by atoms with Crippen LogP contribution in [0.1, 0.15) is 20.8 Å². The van der Waals surface area contributed by atoms with Crippen molar-refractivity contribution in [3.63, 3.8) is 0 Å². The summed E-state index contributed by atoms with van der Waals surface area (Å²) in [4.78, 5) is 13.2. The predicted octanol–water partition coefficient (Wildman–Crippen LogP) is 2.06. The van der Waals surface area contributed by atoms with Crippen LogP contribution in [0.5, 0.6) is 0 Å². The van der Waals surface area contributed by atoms with Crippen LogP contribution in [0.15, 0.2) is 35.5 Å². The Kier molecular flexibility index (Phi) is 8.66. The quantitative estimate of drug-likeness (QED) is 0.710. The first kappa shape index (κ1) is 16.4. The Hall–Kier alpha value is -1.55. The largest absolute Gasteiger partial charge is 0.341 e. The van der Waals surface area contributed by atoms with Crippen molar-refractivity contribution in [1.29, 1.82) is 0 Å². The fourth-order valence-electron chi connectivity index (χ4n) is 1.36.